The minimum Gasteiger partial charge on any atom is -0.342 e. The fourth-order valence-electron chi connectivity index (χ4n) is 3.05. The molecular weight excluding hydrogens is 324 g/mol. The molecule has 24 heavy (non-hydrogen) atoms. The van der Waals surface area contributed by atoms with Gasteiger partial charge in [0.1, 0.15) is 0 Å². The Morgan fingerprint density at radius 1 is 1.46 bits per heavy atom. The third-order valence-electron chi connectivity index (χ3n) is 4.37. The van der Waals surface area contributed by atoms with Crippen molar-refractivity contribution in [1.82, 2.24) is 20.0 Å². The maximum absolute atomic E-state index is 12.5. The molecule has 6 nitrogen and oxygen atoms in total. The van der Waals surface area contributed by atoms with Crippen molar-refractivity contribution >= 4 is 17.2 Å². The number of hydrogen-bond donors (Lipinski definition) is 0. The van der Waals surface area contributed by atoms with Crippen LogP contribution in [0.4, 0.5) is 0 Å². The van der Waals surface area contributed by atoms with Crippen LogP contribution in [0.1, 0.15) is 60.9 Å². The summed E-state index contributed by atoms with van der Waals surface area (Å²) in [5.41, 5.74) is 1.07. The summed E-state index contributed by atoms with van der Waals surface area (Å²) >= 11 is 1.71. The van der Waals surface area contributed by atoms with Gasteiger partial charge in [0, 0.05) is 49.3 Å². The van der Waals surface area contributed by atoms with Crippen LogP contribution in [0.25, 0.3) is 0 Å². The average Bonchev–Trinajstić information content (AvgIpc) is 3.24. The van der Waals surface area contributed by atoms with Crippen LogP contribution >= 0.6 is 11.3 Å². The van der Waals surface area contributed by atoms with Crippen molar-refractivity contribution in [3.8, 4) is 0 Å². The molecule has 3 rings (SSSR count). The minimum atomic E-state index is 0.225. The van der Waals surface area contributed by atoms with E-state index in [-0.39, 0.29) is 5.91 Å². The number of amides is 1. The van der Waals surface area contributed by atoms with Gasteiger partial charge in [-0.25, -0.2) is 4.98 Å². The molecule has 0 N–H and O–H groups in total. The van der Waals surface area contributed by atoms with Gasteiger partial charge in [-0.2, -0.15) is 4.98 Å². The summed E-state index contributed by atoms with van der Waals surface area (Å²) in [7, 11) is 0. The van der Waals surface area contributed by atoms with E-state index in [0.29, 0.717) is 24.7 Å². The van der Waals surface area contributed by atoms with Gasteiger partial charge in [0.15, 0.2) is 5.82 Å². The summed E-state index contributed by atoms with van der Waals surface area (Å²) in [4.78, 5) is 23.3. The Morgan fingerprint density at radius 3 is 3.04 bits per heavy atom. The quantitative estimate of drug-likeness (QED) is 0.802. The molecule has 0 saturated carbocycles. The Morgan fingerprint density at radius 2 is 2.33 bits per heavy atom. The van der Waals surface area contributed by atoms with Crippen LogP contribution in [-0.2, 0) is 17.6 Å². The lowest BCUT2D eigenvalue weighted by Gasteiger charge is -2.32. The van der Waals surface area contributed by atoms with Crippen molar-refractivity contribution in [3.05, 3.63) is 27.8 Å². The van der Waals surface area contributed by atoms with Crippen LogP contribution < -0.4 is 0 Å². The lowest BCUT2D eigenvalue weighted by molar-refractivity contribution is -0.132. The second-order valence-corrected chi connectivity index (χ2v) is 7.21. The monoisotopic (exact) mass is 348 g/mol. The molecule has 1 saturated heterocycles. The molecule has 0 spiro atoms. The Kier molecular flexibility index (Phi) is 5.60. The Hall–Kier alpha value is -1.76. The highest BCUT2D eigenvalue weighted by Gasteiger charge is 2.26. The molecule has 0 aromatic carbocycles. The number of rotatable bonds is 6. The average molecular weight is 348 g/mol. The molecule has 7 heteroatoms. The Balaban J connectivity index is 1.47. The number of carbonyl (C=O) groups is 1. The fourth-order valence-corrected chi connectivity index (χ4v) is 3.97. The van der Waals surface area contributed by atoms with Crippen molar-refractivity contribution in [1.29, 1.82) is 0 Å². The number of likely N-dealkylation sites (tertiary alicyclic amines) is 1. The molecule has 0 aliphatic carbocycles. The summed E-state index contributed by atoms with van der Waals surface area (Å²) in [5, 5.41) is 7.14. The van der Waals surface area contributed by atoms with Crippen LogP contribution in [0.2, 0.25) is 0 Å². The first-order valence-electron chi connectivity index (χ1n) is 8.67. The zero-order valence-corrected chi connectivity index (χ0v) is 15.1. The van der Waals surface area contributed by atoms with E-state index in [1.54, 1.807) is 11.3 Å². The van der Waals surface area contributed by atoms with E-state index in [1.807, 2.05) is 18.7 Å². The molecule has 2 aromatic rings. The van der Waals surface area contributed by atoms with Crippen LogP contribution in [0.15, 0.2) is 9.90 Å². The molecule has 2 aromatic heterocycles. The molecule has 130 valence electrons. The number of hydrogen-bond acceptors (Lipinski definition) is 6. The van der Waals surface area contributed by atoms with Crippen molar-refractivity contribution < 1.29 is 9.32 Å². The number of piperidine rings is 1. The first kappa shape index (κ1) is 17.1. The molecule has 0 unspecified atom stereocenters. The maximum Gasteiger partial charge on any atom is 0.226 e. The van der Waals surface area contributed by atoms with Crippen LogP contribution in [0.3, 0.4) is 0 Å². The van der Waals surface area contributed by atoms with Gasteiger partial charge in [0.25, 0.3) is 0 Å². The van der Waals surface area contributed by atoms with Gasteiger partial charge in [-0.1, -0.05) is 12.1 Å². The van der Waals surface area contributed by atoms with Crippen LogP contribution in [-0.4, -0.2) is 39.0 Å². The Labute approximate surface area is 146 Å². The summed E-state index contributed by atoms with van der Waals surface area (Å²) in [5.74, 6) is 1.98. The molecule has 1 amide bonds. The largest absolute Gasteiger partial charge is 0.342 e. The molecule has 3 heterocycles. The van der Waals surface area contributed by atoms with Gasteiger partial charge in [-0.15, -0.1) is 11.3 Å². The van der Waals surface area contributed by atoms with Gasteiger partial charge >= 0.3 is 0 Å². The predicted molar refractivity (Wildman–Crippen MR) is 92.0 cm³/mol. The van der Waals surface area contributed by atoms with E-state index in [0.717, 1.165) is 50.3 Å². The zero-order chi connectivity index (χ0) is 16.9. The van der Waals surface area contributed by atoms with Gasteiger partial charge in [-0.05, 0) is 26.2 Å². The molecular formula is C17H24N4O2S. The van der Waals surface area contributed by atoms with E-state index < -0.39 is 0 Å². The second-order valence-electron chi connectivity index (χ2n) is 6.32. The zero-order valence-electron chi connectivity index (χ0n) is 14.3. The second kappa shape index (κ2) is 7.88. The van der Waals surface area contributed by atoms with Crippen molar-refractivity contribution in [2.45, 2.75) is 58.3 Å². The SMILES string of the molecule is CCc1noc(CCCC(=O)N2CCC[C@@H](c3nc(C)cs3)C2)n1. The number of nitrogens with zero attached hydrogens (tertiary/aromatic N) is 4. The molecule has 1 fully saturated rings. The molecule has 0 bridgehead atoms. The summed E-state index contributed by atoms with van der Waals surface area (Å²) in [6, 6.07) is 0. The third-order valence-corrected chi connectivity index (χ3v) is 5.49. The van der Waals surface area contributed by atoms with Gasteiger partial charge < -0.3 is 9.42 Å². The molecule has 0 radical (unpaired) electrons. The first-order chi connectivity index (χ1) is 11.7. The highest BCUT2D eigenvalue weighted by molar-refractivity contribution is 7.09. The summed E-state index contributed by atoms with van der Waals surface area (Å²) in [6.45, 7) is 5.68. The first-order valence-corrected chi connectivity index (χ1v) is 9.55. The van der Waals surface area contributed by atoms with E-state index in [2.05, 4.69) is 20.5 Å². The van der Waals surface area contributed by atoms with E-state index >= 15 is 0 Å². The normalized spacial score (nSPS) is 18.1. The predicted octanol–water partition coefficient (Wildman–Crippen LogP) is 3.13. The summed E-state index contributed by atoms with van der Waals surface area (Å²) < 4.78 is 5.17. The number of thiazole rings is 1. The smallest absolute Gasteiger partial charge is 0.226 e. The molecule has 1 aliphatic heterocycles. The van der Waals surface area contributed by atoms with E-state index in [9.17, 15) is 4.79 Å². The number of aryl methyl sites for hydroxylation is 3. The minimum absolute atomic E-state index is 0.225. The van der Waals surface area contributed by atoms with E-state index in [1.165, 1.54) is 5.01 Å². The molecule has 1 aliphatic rings. The molecule has 1 atom stereocenters. The third kappa shape index (κ3) is 4.20. The van der Waals surface area contributed by atoms with Crippen LogP contribution in [0, 0.1) is 6.92 Å². The lowest BCUT2D eigenvalue weighted by Crippen LogP contribution is -2.39. The topological polar surface area (TPSA) is 72.1 Å². The maximum atomic E-state index is 12.5. The van der Waals surface area contributed by atoms with Gasteiger partial charge in [0.2, 0.25) is 11.8 Å². The number of aromatic nitrogens is 3. The van der Waals surface area contributed by atoms with Crippen molar-refractivity contribution in [3.63, 3.8) is 0 Å². The van der Waals surface area contributed by atoms with Crippen molar-refractivity contribution in [2.75, 3.05) is 13.1 Å². The summed E-state index contributed by atoms with van der Waals surface area (Å²) in [6.07, 6.45) is 4.90. The standard InChI is InChI=1S/C17H24N4O2S/c1-3-14-19-15(23-20-14)7-4-8-16(22)21-9-5-6-13(10-21)17-18-12(2)11-24-17/h11,13H,3-10H2,1-2H3/t13-/m1/s1. The highest BCUT2D eigenvalue weighted by Crippen LogP contribution is 2.29. The fraction of sp³-hybridized carbons (Fsp3) is 0.647. The van der Waals surface area contributed by atoms with Crippen molar-refractivity contribution in [2.24, 2.45) is 0 Å². The number of carbonyl (C=O) groups excluding carboxylic acids is 1. The van der Waals surface area contributed by atoms with E-state index in [4.69, 9.17) is 4.52 Å². The van der Waals surface area contributed by atoms with Gasteiger partial charge in [0.05, 0.1) is 5.01 Å². The highest BCUT2D eigenvalue weighted by atomic mass is 32.1. The van der Waals surface area contributed by atoms with Gasteiger partial charge in [-0.3, -0.25) is 4.79 Å². The van der Waals surface area contributed by atoms with Crippen LogP contribution in [0.5, 0.6) is 0 Å². The lowest BCUT2D eigenvalue weighted by atomic mass is 9.98. The Bertz CT molecular complexity index is 682.